The lowest BCUT2D eigenvalue weighted by molar-refractivity contribution is -0.384. The van der Waals surface area contributed by atoms with Crippen molar-refractivity contribution in [2.45, 2.75) is 4.90 Å². The molecule has 3 aromatic carbocycles. The monoisotopic (exact) mass is 674 g/mol. The van der Waals surface area contributed by atoms with Crippen LogP contribution in [0.4, 0.5) is 33.7 Å². The Hall–Kier alpha value is -5.16. The van der Waals surface area contributed by atoms with Crippen LogP contribution in [0.5, 0.6) is 0 Å². The zero-order chi connectivity index (χ0) is 33.0. The number of aliphatic hydroxyl groups is 1. The van der Waals surface area contributed by atoms with Crippen LogP contribution in [0, 0.1) is 10.1 Å². The number of non-ortho nitro benzene ring substituents is 1. The standard InChI is InChI=1S/C31H30N8O6S2/c40-19-18-37-14-16-38(17-15-37)30(41)25-6-3-13-32-29(25)34-21-9-11-24(12-10-21)47(44,45)36-31-35-27-8-2-7-26(28(27)46-31)33-22-4-1-5-23(20-22)39(42)43/h1-13,20,33,40H,14-19H2,(H,32,34)(H,35,36). The first kappa shape index (κ1) is 31.8. The van der Waals surface area contributed by atoms with Gasteiger partial charge in [-0.15, -0.1) is 0 Å². The SMILES string of the molecule is O=C(c1cccnc1Nc1ccc(S(=O)(=O)Nc2nc3cccc(Nc4cccc([N+](=O)[O-])c4)c3s2)cc1)N1CCN(CCO)CC1. The highest BCUT2D eigenvalue weighted by Gasteiger charge is 2.24. The topological polar surface area (TPSA) is 183 Å². The molecule has 47 heavy (non-hydrogen) atoms. The smallest absolute Gasteiger partial charge is 0.271 e. The van der Waals surface area contributed by atoms with E-state index in [0.717, 1.165) is 11.3 Å². The van der Waals surface area contributed by atoms with Crippen LogP contribution in [-0.4, -0.2) is 83.5 Å². The van der Waals surface area contributed by atoms with E-state index in [1.807, 2.05) is 0 Å². The second-order valence-corrected chi connectivity index (χ2v) is 13.3. The molecule has 1 fully saturated rings. The lowest BCUT2D eigenvalue weighted by Crippen LogP contribution is -2.49. The van der Waals surface area contributed by atoms with Gasteiger partial charge in [0.1, 0.15) is 5.82 Å². The number of thiazole rings is 1. The number of anilines is 5. The van der Waals surface area contributed by atoms with Gasteiger partial charge in [0.15, 0.2) is 5.13 Å². The number of aliphatic hydroxyl groups excluding tert-OH is 1. The number of amides is 1. The quantitative estimate of drug-likeness (QED) is 0.113. The van der Waals surface area contributed by atoms with Gasteiger partial charge in [-0.2, -0.15) is 0 Å². The molecule has 1 saturated heterocycles. The number of piperazine rings is 1. The average Bonchev–Trinajstić information content (AvgIpc) is 3.48. The molecule has 0 aliphatic carbocycles. The van der Waals surface area contributed by atoms with Crippen molar-refractivity contribution in [1.82, 2.24) is 19.8 Å². The third-order valence-electron chi connectivity index (χ3n) is 7.51. The number of benzene rings is 3. The number of fused-ring (bicyclic) bond motifs is 1. The summed E-state index contributed by atoms with van der Waals surface area (Å²) in [7, 11) is -4.00. The fourth-order valence-corrected chi connectivity index (χ4v) is 7.30. The number of rotatable bonds is 11. The highest BCUT2D eigenvalue weighted by Crippen LogP contribution is 2.35. The number of nitro groups is 1. The molecule has 242 valence electrons. The van der Waals surface area contributed by atoms with Gasteiger partial charge in [0.05, 0.1) is 37.9 Å². The van der Waals surface area contributed by atoms with Crippen LogP contribution < -0.4 is 15.4 Å². The second-order valence-electron chi connectivity index (χ2n) is 10.6. The van der Waals surface area contributed by atoms with Crippen LogP contribution in [0.25, 0.3) is 10.2 Å². The van der Waals surface area contributed by atoms with Crippen LogP contribution in [0.1, 0.15) is 10.4 Å². The number of β-amino-alcohol motifs (C(OH)–C–C–N with tert-alkyl or cyclic N) is 1. The Morgan fingerprint density at radius 1 is 0.957 bits per heavy atom. The summed E-state index contributed by atoms with van der Waals surface area (Å²) < 4.78 is 29.8. The zero-order valence-electron chi connectivity index (χ0n) is 24.9. The van der Waals surface area contributed by atoms with Gasteiger partial charge in [0, 0.05) is 62.4 Å². The Labute approximate surface area is 273 Å². The second kappa shape index (κ2) is 13.7. The van der Waals surface area contributed by atoms with E-state index >= 15 is 0 Å². The van der Waals surface area contributed by atoms with Gasteiger partial charge in [-0.1, -0.05) is 23.5 Å². The van der Waals surface area contributed by atoms with E-state index in [2.05, 4.69) is 30.2 Å². The van der Waals surface area contributed by atoms with Crippen LogP contribution in [0.15, 0.2) is 90.0 Å². The van der Waals surface area contributed by atoms with E-state index in [9.17, 15) is 28.4 Å². The molecular formula is C31H30N8O6S2. The van der Waals surface area contributed by atoms with Gasteiger partial charge in [-0.3, -0.25) is 24.5 Å². The van der Waals surface area contributed by atoms with Crippen molar-refractivity contribution < 1.29 is 23.2 Å². The minimum atomic E-state index is -4.00. The molecule has 4 N–H and O–H groups in total. The van der Waals surface area contributed by atoms with E-state index in [1.54, 1.807) is 65.7 Å². The fourth-order valence-electron chi connectivity index (χ4n) is 5.14. The molecule has 1 aliphatic heterocycles. The minimum Gasteiger partial charge on any atom is -0.395 e. The van der Waals surface area contributed by atoms with E-state index in [1.165, 1.54) is 24.3 Å². The molecule has 0 unspecified atom stereocenters. The molecule has 5 aromatic rings. The number of nitro benzene ring substituents is 1. The molecule has 1 aliphatic rings. The van der Waals surface area contributed by atoms with Gasteiger partial charge in [-0.05, 0) is 54.6 Å². The molecule has 0 spiro atoms. The normalized spacial score (nSPS) is 13.8. The summed E-state index contributed by atoms with van der Waals surface area (Å²) in [5.41, 5.74) is 2.57. The molecule has 0 bridgehead atoms. The summed E-state index contributed by atoms with van der Waals surface area (Å²) in [5.74, 6) is 0.194. The molecule has 14 nitrogen and oxygen atoms in total. The fraction of sp³-hybridized carbons (Fsp3) is 0.194. The Morgan fingerprint density at radius 2 is 1.72 bits per heavy atom. The van der Waals surface area contributed by atoms with Crippen molar-refractivity contribution in [1.29, 1.82) is 0 Å². The third kappa shape index (κ3) is 7.30. The Balaban J connectivity index is 1.14. The van der Waals surface area contributed by atoms with Crippen molar-refractivity contribution in [3.05, 3.63) is 101 Å². The van der Waals surface area contributed by atoms with Crippen LogP contribution in [-0.2, 0) is 10.0 Å². The number of hydrogen-bond donors (Lipinski definition) is 4. The number of aromatic nitrogens is 2. The van der Waals surface area contributed by atoms with Gasteiger partial charge in [0.2, 0.25) is 0 Å². The summed E-state index contributed by atoms with van der Waals surface area (Å²) in [6.45, 7) is 3.08. The highest BCUT2D eigenvalue weighted by molar-refractivity contribution is 7.93. The number of sulfonamides is 1. The largest absolute Gasteiger partial charge is 0.395 e. The van der Waals surface area contributed by atoms with Gasteiger partial charge < -0.3 is 20.6 Å². The first-order valence-corrected chi connectivity index (χ1v) is 16.9. The number of carbonyl (C=O) groups is 1. The Kier molecular flexibility index (Phi) is 9.26. The minimum absolute atomic E-state index is 0.00956. The molecule has 6 rings (SSSR count). The maximum atomic E-state index is 13.3. The first-order valence-electron chi connectivity index (χ1n) is 14.6. The van der Waals surface area contributed by atoms with Crippen molar-refractivity contribution >= 4 is 71.2 Å². The molecule has 16 heteroatoms. The lowest BCUT2D eigenvalue weighted by Gasteiger charge is -2.34. The average molecular weight is 675 g/mol. The predicted octanol–water partition coefficient (Wildman–Crippen LogP) is 4.64. The molecular weight excluding hydrogens is 645 g/mol. The zero-order valence-corrected chi connectivity index (χ0v) is 26.5. The summed E-state index contributed by atoms with van der Waals surface area (Å²) in [6, 6.07) is 20.8. The number of nitrogens with one attached hydrogen (secondary N) is 3. The Morgan fingerprint density at radius 3 is 2.47 bits per heavy atom. The van der Waals surface area contributed by atoms with Crippen molar-refractivity contribution in [3.8, 4) is 0 Å². The number of nitrogens with zero attached hydrogens (tertiary/aromatic N) is 5. The summed E-state index contributed by atoms with van der Waals surface area (Å²) >= 11 is 1.13. The molecule has 0 atom stereocenters. The molecule has 0 radical (unpaired) electrons. The lowest BCUT2D eigenvalue weighted by atomic mass is 10.2. The summed E-state index contributed by atoms with van der Waals surface area (Å²) in [4.78, 5) is 36.7. The number of carbonyl (C=O) groups excluding carboxylic acids is 1. The molecule has 0 saturated carbocycles. The van der Waals surface area contributed by atoms with E-state index in [4.69, 9.17) is 0 Å². The predicted molar refractivity (Wildman–Crippen MR) is 180 cm³/mol. The maximum absolute atomic E-state index is 13.3. The van der Waals surface area contributed by atoms with Crippen molar-refractivity contribution in [3.63, 3.8) is 0 Å². The van der Waals surface area contributed by atoms with Gasteiger partial charge in [0.25, 0.3) is 21.6 Å². The highest BCUT2D eigenvalue weighted by atomic mass is 32.2. The van der Waals surface area contributed by atoms with Crippen molar-refractivity contribution in [2.24, 2.45) is 0 Å². The van der Waals surface area contributed by atoms with Gasteiger partial charge >= 0.3 is 0 Å². The molecule has 2 aromatic heterocycles. The van der Waals surface area contributed by atoms with E-state index in [-0.39, 0.29) is 28.2 Å². The van der Waals surface area contributed by atoms with Crippen LogP contribution in [0.3, 0.4) is 0 Å². The number of hydrogen-bond acceptors (Lipinski definition) is 12. The summed E-state index contributed by atoms with van der Waals surface area (Å²) in [6.07, 6.45) is 1.57. The Bertz CT molecular complexity index is 2030. The first-order chi connectivity index (χ1) is 22.7. The molecule has 1 amide bonds. The van der Waals surface area contributed by atoms with Crippen LogP contribution in [0.2, 0.25) is 0 Å². The molecule has 3 heterocycles. The van der Waals surface area contributed by atoms with E-state index in [0.29, 0.717) is 71.4 Å². The van der Waals surface area contributed by atoms with Crippen LogP contribution >= 0.6 is 11.3 Å². The summed E-state index contributed by atoms with van der Waals surface area (Å²) in [5, 5.41) is 26.8. The van der Waals surface area contributed by atoms with Crippen molar-refractivity contribution in [2.75, 3.05) is 54.7 Å². The van der Waals surface area contributed by atoms with E-state index < -0.39 is 14.9 Å². The number of pyridine rings is 1. The van der Waals surface area contributed by atoms with Gasteiger partial charge in [-0.25, -0.2) is 18.4 Å². The maximum Gasteiger partial charge on any atom is 0.271 e. The third-order valence-corrected chi connectivity index (χ3v) is 10.0.